The van der Waals surface area contributed by atoms with Crippen molar-refractivity contribution in [2.24, 2.45) is 0 Å². The van der Waals surface area contributed by atoms with Crippen molar-refractivity contribution in [3.63, 3.8) is 0 Å². The molecule has 0 saturated carbocycles. The summed E-state index contributed by atoms with van der Waals surface area (Å²) in [5, 5.41) is 0. The second-order valence-electron chi connectivity index (χ2n) is 19.0. The molecule has 0 spiro atoms. The van der Waals surface area contributed by atoms with Crippen LogP contribution in [0.15, 0.2) is 48.5 Å². The number of alkyl halides is 2. The van der Waals surface area contributed by atoms with E-state index in [0.29, 0.717) is 28.4 Å². The topological polar surface area (TPSA) is 71.1 Å². The minimum absolute atomic E-state index is 0.196. The van der Waals surface area contributed by atoms with Gasteiger partial charge in [0.05, 0.1) is 60.3 Å². The Morgan fingerprint density at radius 2 is 0.589 bits per heavy atom. The molecule has 2 atom stereocenters. The molecule has 4 aromatic rings. The monoisotopic (exact) mass is 888 g/mol. The molecule has 0 radical (unpaired) electrons. The second kappa shape index (κ2) is 15.3. The lowest BCUT2D eigenvalue weighted by Crippen LogP contribution is -2.20. The van der Waals surface area contributed by atoms with Gasteiger partial charge in [-0.25, -0.2) is 0 Å². The van der Waals surface area contributed by atoms with Crippen molar-refractivity contribution in [3.8, 4) is 23.0 Å². The Morgan fingerprint density at radius 3 is 0.839 bits per heavy atom. The molecule has 8 bridgehead atoms. The number of carbonyl (C=O) groups excluding carboxylic acids is 2. The molecular weight excluding hydrogens is 832 g/mol. The number of rotatable bonds is 4. The third-order valence-corrected chi connectivity index (χ3v) is 12.8. The summed E-state index contributed by atoms with van der Waals surface area (Å²) >= 11 is 8.28. The molecular formula is C48H58Br2O6. The maximum Gasteiger partial charge on any atom is 0.200 e. The zero-order valence-electron chi connectivity index (χ0n) is 36.0. The van der Waals surface area contributed by atoms with E-state index >= 15 is 9.59 Å². The van der Waals surface area contributed by atoms with E-state index in [9.17, 15) is 0 Å². The Bertz CT molecular complexity index is 2070. The average molecular weight is 891 g/mol. The van der Waals surface area contributed by atoms with Crippen LogP contribution < -0.4 is 18.9 Å². The molecule has 56 heavy (non-hydrogen) atoms. The van der Waals surface area contributed by atoms with E-state index in [4.69, 9.17) is 18.9 Å². The number of fused-ring (bicyclic) bond motifs is 8. The fourth-order valence-corrected chi connectivity index (χ4v) is 8.66. The van der Waals surface area contributed by atoms with Gasteiger partial charge in [-0.15, -0.1) is 0 Å². The third kappa shape index (κ3) is 7.94. The minimum Gasteiger partial charge on any atom is -0.496 e. The summed E-state index contributed by atoms with van der Waals surface area (Å²) in [5.74, 6) is 1.08. The molecule has 0 amide bonds. The van der Waals surface area contributed by atoms with E-state index in [2.05, 4.69) is 139 Å². The Balaban J connectivity index is 2.12. The molecule has 1 aliphatic carbocycles. The highest BCUT2D eigenvalue weighted by atomic mass is 79.9. The van der Waals surface area contributed by atoms with Crippen LogP contribution in [0.25, 0.3) is 0 Å². The SMILES string of the molecule is COc1c2cc(C(C)(C)C)cc1C(=O)c1cc(C(C)(C)C)cc(c1OC)[C@H](Br)c1cc(C(C)(C)C)cc(c1OC)[C@H](Br)c1cc(C(C)(C)C)cc(c1OC)C2=O. The summed E-state index contributed by atoms with van der Waals surface area (Å²) < 4.78 is 25.0. The van der Waals surface area contributed by atoms with Gasteiger partial charge in [0.2, 0.25) is 11.6 Å². The van der Waals surface area contributed by atoms with Crippen molar-refractivity contribution in [2.45, 2.75) is 114 Å². The van der Waals surface area contributed by atoms with Crippen LogP contribution in [-0.2, 0) is 21.7 Å². The first-order valence-corrected chi connectivity index (χ1v) is 20.9. The van der Waals surface area contributed by atoms with Crippen molar-refractivity contribution >= 4 is 43.4 Å². The smallest absolute Gasteiger partial charge is 0.200 e. The zero-order valence-corrected chi connectivity index (χ0v) is 39.2. The lowest BCUT2D eigenvalue weighted by atomic mass is 9.78. The molecule has 8 heteroatoms. The maximum absolute atomic E-state index is 15.4. The van der Waals surface area contributed by atoms with Crippen molar-refractivity contribution in [2.75, 3.05) is 28.4 Å². The largest absolute Gasteiger partial charge is 0.496 e. The zero-order chi connectivity index (χ0) is 42.0. The molecule has 0 aliphatic heterocycles. The number of ether oxygens (including phenoxy) is 4. The third-order valence-electron chi connectivity index (χ3n) is 10.8. The van der Waals surface area contributed by atoms with Crippen molar-refractivity contribution < 1.29 is 28.5 Å². The van der Waals surface area contributed by atoms with Crippen molar-refractivity contribution in [3.05, 3.63) is 115 Å². The number of carbonyl (C=O) groups is 2. The fraction of sp³-hybridized carbons (Fsp3) is 0.458. The quantitative estimate of drug-likeness (QED) is 0.190. The van der Waals surface area contributed by atoms with Gasteiger partial charge in [-0.3, -0.25) is 9.59 Å². The summed E-state index contributed by atoms with van der Waals surface area (Å²) in [5.41, 5.74) is 7.00. The molecule has 0 aromatic heterocycles. The van der Waals surface area contributed by atoms with Gasteiger partial charge < -0.3 is 18.9 Å². The molecule has 0 fully saturated rings. The highest BCUT2D eigenvalue weighted by Crippen LogP contribution is 2.52. The van der Waals surface area contributed by atoms with Crippen molar-refractivity contribution in [1.82, 2.24) is 0 Å². The molecule has 300 valence electrons. The van der Waals surface area contributed by atoms with Gasteiger partial charge in [-0.2, -0.15) is 0 Å². The van der Waals surface area contributed by atoms with E-state index in [1.54, 1.807) is 21.3 Å². The van der Waals surface area contributed by atoms with Crippen LogP contribution in [0.5, 0.6) is 23.0 Å². The molecule has 0 heterocycles. The van der Waals surface area contributed by atoms with Gasteiger partial charge in [0.25, 0.3) is 0 Å². The molecule has 6 nitrogen and oxygen atoms in total. The van der Waals surface area contributed by atoms with E-state index in [0.717, 1.165) is 44.5 Å². The predicted octanol–water partition coefficient (Wildman–Crippen LogP) is 12.7. The molecule has 0 saturated heterocycles. The predicted molar refractivity (Wildman–Crippen MR) is 235 cm³/mol. The van der Waals surface area contributed by atoms with Crippen LogP contribution in [0.1, 0.15) is 169 Å². The van der Waals surface area contributed by atoms with Crippen LogP contribution >= 0.6 is 31.9 Å². The van der Waals surface area contributed by atoms with Crippen LogP contribution in [0, 0.1) is 0 Å². The minimum atomic E-state index is -0.465. The Morgan fingerprint density at radius 1 is 0.375 bits per heavy atom. The van der Waals surface area contributed by atoms with Gasteiger partial charge in [0.1, 0.15) is 23.0 Å². The molecule has 5 rings (SSSR count). The first-order chi connectivity index (χ1) is 25.8. The number of hydrogen-bond donors (Lipinski definition) is 0. The first-order valence-electron chi connectivity index (χ1n) is 19.1. The summed E-state index contributed by atoms with van der Waals surface area (Å²) in [4.78, 5) is 29.8. The lowest BCUT2D eigenvalue weighted by molar-refractivity contribution is 0.103. The standard InChI is InChI=1S/C48H58Br2O6/c1-45(2,3)25-17-29-37(49)31-19-26(46(4,5)6)21-33(42(31)54-14)39(51)35-23-28(48(10,11)12)24-36(44(35)56-16)40(52)34-22-27(47(7,8)9)20-32(43(34)55-15)38(50)30(18-25)41(29)53-13/h17-24,37-38H,1-16H3/t37-,38+. The fourth-order valence-electron chi connectivity index (χ4n) is 7.30. The second-order valence-corrected chi connectivity index (χ2v) is 20.8. The normalized spacial score (nSPS) is 16.5. The highest BCUT2D eigenvalue weighted by molar-refractivity contribution is 9.09. The van der Waals surface area contributed by atoms with Gasteiger partial charge >= 0.3 is 0 Å². The maximum atomic E-state index is 15.4. The van der Waals surface area contributed by atoms with Crippen LogP contribution in [0.3, 0.4) is 0 Å². The number of halogens is 2. The van der Waals surface area contributed by atoms with Gasteiger partial charge in [0.15, 0.2) is 0 Å². The van der Waals surface area contributed by atoms with E-state index in [-0.39, 0.29) is 44.7 Å². The number of benzene rings is 4. The average Bonchev–Trinajstić information content (AvgIpc) is 3.12. The van der Waals surface area contributed by atoms with E-state index < -0.39 is 15.1 Å². The number of hydrogen-bond acceptors (Lipinski definition) is 6. The lowest BCUT2D eigenvalue weighted by Gasteiger charge is -2.30. The Hall–Kier alpha value is -3.62. The van der Waals surface area contributed by atoms with Gasteiger partial charge in [-0.05, 0) is 68.2 Å². The van der Waals surface area contributed by atoms with Gasteiger partial charge in [0, 0.05) is 22.3 Å². The summed E-state index contributed by atoms with van der Waals surface area (Å²) in [6.07, 6.45) is 0. The van der Waals surface area contributed by atoms with E-state index in [1.807, 2.05) is 24.3 Å². The molecule has 0 unspecified atom stereocenters. The summed E-state index contributed by atoms with van der Waals surface area (Å²) in [6.45, 7) is 25.5. The number of ketones is 2. The first kappa shape index (κ1) is 43.5. The number of methoxy groups -OCH3 is 4. The van der Waals surface area contributed by atoms with Crippen LogP contribution in [-0.4, -0.2) is 40.0 Å². The van der Waals surface area contributed by atoms with Crippen LogP contribution in [0.4, 0.5) is 0 Å². The highest BCUT2D eigenvalue weighted by Gasteiger charge is 2.36. The molecule has 4 aromatic carbocycles. The Labute approximate surface area is 351 Å². The Kier molecular flexibility index (Phi) is 11.9. The molecule has 0 N–H and O–H groups in total. The summed E-state index contributed by atoms with van der Waals surface area (Å²) in [6, 6.07) is 16.1. The van der Waals surface area contributed by atoms with E-state index in [1.165, 1.54) is 7.11 Å². The van der Waals surface area contributed by atoms with Gasteiger partial charge in [-0.1, -0.05) is 139 Å². The van der Waals surface area contributed by atoms with Crippen molar-refractivity contribution in [1.29, 1.82) is 0 Å². The molecule has 1 aliphatic rings. The summed E-state index contributed by atoms with van der Waals surface area (Å²) in [7, 11) is 6.38. The van der Waals surface area contributed by atoms with Crippen LogP contribution in [0.2, 0.25) is 0 Å².